The highest BCUT2D eigenvalue weighted by molar-refractivity contribution is 5.99. The molecular weight excluding hydrogens is 304 g/mol. The molecule has 2 aliphatic rings. The number of aryl methyl sites for hydroxylation is 1. The van der Waals surface area contributed by atoms with Gasteiger partial charge in [0.25, 0.3) is 11.5 Å². The van der Waals surface area contributed by atoms with Crippen molar-refractivity contribution < 1.29 is 4.79 Å². The summed E-state index contributed by atoms with van der Waals surface area (Å²) in [5, 5.41) is 7.28. The Morgan fingerprint density at radius 1 is 1.21 bits per heavy atom. The van der Waals surface area contributed by atoms with Gasteiger partial charge in [-0.1, -0.05) is 32.0 Å². The number of para-hydroxylation sites is 1. The highest BCUT2D eigenvalue weighted by Gasteiger charge is 2.23. The zero-order valence-corrected chi connectivity index (χ0v) is 14.0. The Morgan fingerprint density at radius 2 is 1.92 bits per heavy atom. The van der Waals surface area contributed by atoms with Crippen molar-refractivity contribution in [1.82, 2.24) is 19.7 Å². The average Bonchev–Trinajstić information content (AvgIpc) is 2.90. The second-order valence-electron chi connectivity index (χ2n) is 6.26. The van der Waals surface area contributed by atoms with Gasteiger partial charge in [-0.25, -0.2) is 0 Å². The highest BCUT2D eigenvalue weighted by atomic mass is 16.2. The first-order valence-corrected chi connectivity index (χ1v) is 7.90. The van der Waals surface area contributed by atoms with Crippen molar-refractivity contribution in [2.24, 2.45) is 13.0 Å². The summed E-state index contributed by atoms with van der Waals surface area (Å²) in [4.78, 5) is 25.2. The van der Waals surface area contributed by atoms with Gasteiger partial charge in [-0.2, -0.15) is 9.78 Å². The molecule has 0 aliphatic carbocycles. The van der Waals surface area contributed by atoms with Crippen LogP contribution >= 0.6 is 0 Å². The fourth-order valence-corrected chi connectivity index (χ4v) is 2.54. The third kappa shape index (κ3) is 2.95. The predicted octanol–water partition coefficient (Wildman–Crippen LogP) is 2.06. The quantitative estimate of drug-likeness (QED) is 0.799. The van der Waals surface area contributed by atoms with Gasteiger partial charge in [-0.15, -0.1) is 0 Å². The van der Waals surface area contributed by atoms with E-state index in [9.17, 15) is 9.59 Å². The first-order chi connectivity index (χ1) is 11.5. The first kappa shape index (κ1) is 16.0. The van der Waals surface area contributed by atoms with Crippen LogP contribution in [0, 0.1) is 5.92 Å². The second kappa shape index (κ2) is 6.31. The fourth-order valence-electron chi connectivity index (χ4n) is 2.54. The van der Waals surface area contributed by atoms with Crippen LogP contribution in [0.1, 0.15) is 24.2 Å². The van der Waals surface area contributed by atoms with Crippen molar-refractivity contribution in [1.29, 1.82) is 0 Å². The van der Waals surface area contributed by atoms with Gasteiger partial charge < -0.3 is 9.88 Å². The van der Waals surface area contributed by atoms with Gasteiger partial charge in [0.15, 0.2) is 0 Å². The minimum Gasteiger partial charge on any atom is -0.356 e. The average molecular weight is 324 g/mol. The number of amides is 1. The Kier molecular flexibility index (Phi) is 4.20. The number of fused-ring (bicyclic) bond motifs is 1. The van der Waals surface area contributed by atoms with Gasteiger partial charge in [-0.05, 0) is 18.1 Å². The van der Waals surface area contributed by atoms with Crippen LogP contribution in [0.5, 0.6) is 0 Å². The summed E-state index contributed by atoms with van der Waals surface area (Å²) >= 11 is 0. The van der Waals surface area contributed by atoms with Crippen LogP contribution in [0.3, 0.4) is 0 Å². The molecule has 3 rings (SSSR count). The number of hydrogen-bond donors (Lipinski definition) is 1. The Hall–Kier alpha value is -2.89. The zero-order chi connectivity index (χ0) is 17.3. The minimum atomic E-state index is -0.231. The van der Waals surface area contributed by atoms with E-state index < -0.39 is 0 Å². The maximum absolute atomic E-state index is 12.7. The Labute approximate surface area is 140 Å². The molecule has 1 aromatic rings. The van der Waals surface area contributed by atoms with E-state index in [4.69, 9.17) is 0 Å². The molecule has 2 heterocycles. The Morgan fingerprint density at radius 3 is 2.58 bits per heavy atom. The lowest BCUT2D eigenvalue weighted by Crippen LogP contribution is -2.28. The van der Waals surface area contributed by atoms with E-state index in [1.807, 2.05) is 44.2 Å². The second-order valence-corrected chi connectivity index (χ2v) is 6.26. The van der Waals surface area contributed by atoms with Crippen LogP contribution < -0.4 is 10.9 Å². The smallest absolute Gasteiger partial charge is 0.282 e. The van der Waals surface area contributed by atoms with Crippen LogP contribution in [-0.2, 0) is 7.05 Å². The van der Waals surface area contributed by atoms with E-state index in [0.29, 0.717) is 35.0 Å². The molecule has 0 aromatic heterocycles. The van der Waals surface area contributed by atoms with E-state index in [2.05, 4.69) is 10.4 Å². The molecule has 124 valence electrons. The Bertz CT molecular complexity index is 893. The van der Waals surface area contributed by atoms with E-state index >= 15 is 0 Å². The maximum atomic E-state index is 12.7. The summed E-state index contributed by atoms with van der Waals surface area (Å²) in [6, 6.07) is 9.19. The molecule has 1 amide bonds. The number of pyridine rings is 1. The summed E-state index contributed by atoms with van der Waals surface area (Å²) in [5.41, 5.74) is 1.70. The predicted molar refractivity (Wildman–Crippen MR) is 92.6 cm³/mol. The molecule has 0 fully saturated rings. The SMILES string of the molecule is CC(C)CNC(=O)c1cn(C)cc2c(=O)n(-c3ccccc3)nc1-2. The molecular formula is C18H20N4O2. The lowest BCUT2D eigenvalue weighted by atomic mass is 10.1. The van der Waals surface area contributed by atoms with Crippen molar-refractivity contribution >= 4 is 5.91 Å². The van der Waals surface area contributed by atoms with Crippen LogP contribution in [0.4, 0.5) is 0 Å². The number of nitrogens with zero attached hydrogens (tertiary/aromatic N) is 3. The first-order valence-electron chi connectivity index (χ1n) is 7.90. The molecule has 24 heavy (non-hydrogen) atoms. The van der Waals surface area contributed by atoms with Crippen molar-refractivity contribution in [3.05, 3.63) is 58.6 Å². The summed E-state index contributed by atoms with van der Waals surface area (Å²) in [5.74, 6) is 0.126. The molecule has 6 nitrogen and oxygen atoms in total. The fraction of sp³-hybridized carbons (Fsp3) is 0.278. The minimum absolute atomic E-state index is 0.220. The molecule has 1 N–H and O–H groups in total. The number of carbonyl (C=O) groups excluding carboxylic acids is 1. The maximum Gasteiger partial charge on any atom is 0.282 e. The summed E-state index contributed by atoms with van der Waals surface area (Å²) in [6.07, 6.45) is 3.39. The van der Waals surface area contributed by atoms with E-state index in [1.165, 1.54) is 4.68 Å². The topological polar surface area (TPSA) is 68.9 Å². The summed E-state index contributed by atoms with van der Waals surface area (Å²) in [6.45, 7) is 4.63. The lowest BCUT2D eigenvalue weighted by molar-refractivity contribution is 0.0948. The standard InChI is InChI=1S/C18H20N4O2/c1-12(2)9-19-17(23)14-10-21(3)11-15-16(14)20-22(18(15)24)13-7-5-4-6-8-13/h4-8,10-12H,9H2,1-3H3,(H,19,23). The van der Waals surface area contributed by atoms with Crippen molar-refractivity contribution in [3.8, 4) is 16.9 Å². The molecule has 0 radical (unpaired) electrons. The third-order valence-electron chi connectivity index (χ3n) is 3.71. The van der Waals surface area contributed by atoms with Crippen molar-refractivity contribution in [2.45, 2.75) is 13.8 Å². The molecule has 0 spiro atoms. The van der Waals surface area contributed by atoms with Gasteiger partial charge in [-0.3, -0.25) is 9.59 Å². The number of rotatable bonds is 4. The van der Waals surface area contributed by atoms with E-state index in [1.54, 1.807) is 24.0 Å². The molecule has 6 heteroatoms. The zero-order valence-electron chi connectivity index (χ0n) is 14.0. The van der Waals surface area contributed by atoms with Crippen LogP contribution in [0.15, 0.2) is 47.5 Å². The van der Waals surface area contributed by atoms with Crippen LogP contribution in [-0.4, -0.2) is 26.8 Å². The molecule has 1 aromatic carbocycles. The van der Waals surface area contributed by atoms with Crippen LogP contribution in [0.25, 0.3) is 16.9 Å². The monoisotopic (exact) mass is 324 g/mol. The third-order valence-corrected chi connectivity index (χ3v) is 3.71. The van der Waals surface area contributed by atoms with Gasteiger partial charge in [0.2, 0.25) is 0 Å². The molecule has 0 atom stereocenters. The number of nitrogens with one attached hydrogen (secondary N) is 1. The molecule has 0 saturated heterocycles. The number of hydrogen-bond acceptors (Lipinski definition) is 3. The van der Waals surface area contributed by atoms with Gasteiger partial charge in [0.05, 0.1) is 16.8 Å². The largest absolute Gasteiger partial charge is 0.356 e. The van der Waals surface area contributed by atoms with E-state index in [0.717, 1.165) is 0 Å². The summed E-state index contributed by atoms with van der Waals surface area (Å²) in [7, 11) is 1.79. The Balaban J connectivity index is 2.11. The van der Waals surface area contributed by atoms with Gasteiger partial charge >= 0.3 is 0 Å². The molecule has 2 aliphatic heterocycles. The highest BCUT2D eigenvalue weighted by Crippen LogP contribution is 2.21. The van der Waals surface area contributed by atoms with Crippen molar-refractivity contribution in [3.63, 3.8) is 0 Å². The van der Waals surface area contributed by atoms with Crippen LogP contribution in [0.2, 0.25) is 0 Å². The van der Waals surface area contributed by atoms with Gasteiger partial charge in [0.1, 0.15) is 5.69 Å². The molecule has 0 bridgehead atoms. The number of carbonyl (C=O) groups is 1. The normalized spacial score (nSPS) is 11.2. The summed E-state index contributed by atoms with van der Waals surface area (Å²) < 4.78 is 3.05. The lowest BCUT2D eigenvalue weighted by Gasteiger charge is -2.11. The number of benzene rings is 1. The molecule has 0 unspecified atom stereocenters. The molecule has 0 saturated carbocycles. The van der Waals surface area contributed by atoms with Gasteiger partial charge in [0, 0.05) is 26.0 Å². The van der Waals surface area contributed by atoms with E-state index in [-0.39, 0.29) is 11.5 Å². The van der Waals surface area contributed by atoms with Crippen molar-refractivity contribution in [2.75, 3.05) is 6.54 Å². The number of aromatic nitrogens is 3.